The first-order chi connectivity index (χ1) is 7.43. The fourth-order valence-electron chi connectivity index (χ4n) is 3.40. The standard InChI is InChI=1S/C12H15NO3/c1-4-13-9(14)7-8(10(13)15)12(3)6-5-11(7,2)16-12/h5-8H,4H2,1-3H3/t7-,8+,11-,12+. The van der Waals surface area contributed by atoms with Crippen LogP contribution in [0.2, 0.25) is 0 Å². The number of carbonyl (C=O) groups is 2. The quantitative estimate of drug-likeness (QED) is 0.484. The molecule has 0 unspecified atom stereocenters. The minimum Gasteiger partial charge on any atom is -0.359 e. The van der Waals surface area contributed by atoms with Crippen LogP contribution in [-0.4, -0.2) is 34.5 Å². The van der Waals surface area contributed by atoms with Crippen molar-refractivity contribution in [3.05, 3.63) is 12.2 Å². The molecule has 3 rings (SSSR count). The highest BCUT2D eigenvalue weighted by Gasteiger charge is 2.70. The summed E-state index contributed by atoms with van der Waals surface area (Å²) in [6.07, 6.45) is 3.86. The molecule has 0 aromatic carbocycles. The van der Waals surface area contributed by atoms with Crippen molar-refractivity contribution in [2.75, 3.05) is 6.54 Å². The number of imide groups is 1. The second-order valence-corrected chi connectivity index (χ2v) is 5.18. The van der Waals surface area contributed by atoms with Gasteiger partial charge in [-0.05, 0) is 20.8 Å². The highest BCUT2D eigenvalue weighted by atomic mass is 16.5. The van der Waals surface area contributed by atoms with E-state index in [0.29, 0.717) is 6.54 Å². The van der Waals surface area contributed by atoms with Crippen molar-refractivity contribution in [2.45, 2.75) is 32.0 Å². The van der Waals surface area contributed by atoms with Crippen molar-refractivity contribution in [3.8, 4) is 0 Å². The summed E-state index contributed by atoms with van der Waals surface area (Å²) in [7, 11) is 0. The fraction of sp³-hybridized carbons (Fsp3) is 0.667. The van der Waals surface area contributed by atoms with Gasteiger partial charge < -0.3 is 4.74 Å². The van der Waals surface area contributed by atoms with E-state index in [1.807, 2.05) is 32.9 Å². The number of amides is 2. The molecule has 2 saturated heterocycles. The Labute approximate surface area is 94.2 Å². The van der Waals surface area contributed by atoms with Crippen molar-refractivity contribution in [1.29, 1.82) is 0 Å². The number of rotatable bonds is 1. The van der Waals surface area contributed by atoms with E-state index in [0.717, 1.165) is 0 Å². The molecule has 3 heterocycles. The van der Waals surface area contributed by atoms with Crippen LogP contribution in [0.1, 0.15) is 20.8 Å². The first-order valence-electron chi connectivity index (χ1n) is 5.69. The van der Waals surface area contributed by atoms with Crippen LogP contribution in [0.5, 0.6) is 0 Å². The van der Waals surface area contributed by atoms with E-state index in [4.69, 9.17) is 4.74 Å². The van der Waals surface area contributed by atoms with Gasteiger partial charge in [-0.2, -0.15) is 0 Å². The van der Waals surface area contributed by atoms with Crippen molar-refractivity contribution in [3.63, 3.8) is 0 Å². The fourth-order valence-corrected chi connectivity index (χ4v) is 3.40. The molecule has 2 amide bonds. The molecule has 0 aliphatic carbocycles. The van der Waals surface area contributed by atoms with Gasteiger partial charge in [-0.3, -0.25) is 14.5 Å². The number of hydrogen-bond acceptors (Lipinski definition) is 3. The predicted octanol–water partition coefficient (Wildman–Crippen LogP) is 0.725. The van der Waals surface area contributed by atoms with Gasteiger partial charge in [0.05, 0.1) is 23.0 Å². The Hall–Kier alpha value is -1.16. The normalized spacial score (nSPS) is 49.3. The van der Waals surface area contributed by atoms with Gasteiger partial charge in [-0.25, -0.2) is 0 Å². The number of fused-ring (bicyclic) bond motifs is 5. The molecule has 4 nitrogen and oxygen atoms in total. The number of likely N-dealkylation sites (tertiary alicyclic amines) is 1. The molecule has 0 spiro atoms. The van der Waals surface area contributed by atoms with Crippen LogP contribution in [0.15, 0.2) is 12.2 Å². The Bertz CT molecular complexity index is 394. The Kier molecular flexibility index (Phi) is 1.61. The topological polar surface area (TPSA) is 46.6 Å². The number of carbonyl (C=O) groups excluding carboxylic acids is 2. The summed E-state index contributed by atoms with van der Waals surface area (Å²) in [6, 6.07) is 0. The van der Waals surface area contributed by atoms with Crippen molar-refractivity contribution < 1.29 is 14.3 Å². The average Bonchev–Trinajstić information content (AvgIpc) is 2.73. The summed E-state index contributed by atoms with van der Waals surface area (Å²) in [5.74, 6) is -0.800. The second kappa shape index (κ2) is 2.56. The maximum Gasteiger partial charge on any atom is 0.236 e. The summed E-state index contributed by atoms with van der Waals surface area (Å²) in [5, 5.41) is 0. The van der Waals surface area contributed by atoms with Gasteiger partial charge in [0.1, 0.15) is 0 Å². The molecule has 0 aromatic rings. The minimum absolute atomic E-state index is 0.0759. The molecule has 4 atom stereocenters. The minimum atomic E-state index is -0.587. The molecule has 3 aliphatic heterocycles. The smallest absolute Gasteiger partial charge is 0.236 e. The van der Waals surface area contributed by atoms with Gasteiger partial charge in [0.15, 0.2) is 0 Å². The molecule has 3 aliphatic rings. The molecule has 0 radical (unpaired) electrons. The van der Waals surface area contributed by atoms with E-state index in [-0.39, 0.29) is 23.7 Å². The molecular formula is C12H15NO3. The molecule has 0 N–H and O–H groups in total. The van der Waals surface area contributed by atoms with Gasteiger partial charge in [0, 0.05) is 6.54 Å². The lowest BCUT2D eigenvalue weighted by Gasteiger charge is -2.24. The van der Waals surface area contributed by atoms with E-state index < -0.39 is 11.2 Å². The van der Waals surface area contributed by atoms with Crippen molar-refractivity contribution in [1.82, 2.24) is 4.90 Å². The summed E-state index contributed by atoms with van der Waals surface area (Å²) >= 11 is 0. The van der Waals surface area contributed by atoms with E-state index in [9.17, 15) is 9.59 Å². The second-order valence-electron chi connectivity index (χ2n) is 5.18. The van der Waals surface area contributed by atoms with Crippen LogP contribution in [0.4, 0.5) is 0 Å². The van der Waals surface area contributed by atoms with Crippen LogP contribution in [0.25, 0.3) is 0 Å². The summed E-state index contributed by atoms with van der Waals surface area (Å²) in [4.78, 5) is 25.7. The van der Waals surface area contributed by atoms with Crippen LogP contribution in [-0.2, 0) is 14.3 Å². The molecule has 2 bridgehead atoms. The highest BCUT2D eigenvalue weighted by Crippen LogP contribution is 2.56. The molecular weight excluding hydrogens is 206 g/mol. The highest BCUT2D eigenvalue weighted by molar-refractivity contribution is 6.07. The largest absolute Gasteiger partial charge is 0.359 e. The maximum absolute atomic E-state index is 12.2. The van der Waals surface area contributed by atoms with E-state index >= 15 is 0 Å². The van der Waals surface area contributed by atoms with Crippen molar-refractivity contribution in [2.24, 2.45) is 11.8 Å². The SMILES string of the molecule is CCN1C(=O)[C@@H]2[C@H](C1=O)[C@@]1(C)C=C[C@]2(C)O1. The summed E-state index contributed by atoms with van der Waals surface area (Å²) < 4.78 is 5.87. The Morgan fingerprint density at radius 1 is 1.19 bits per heavy atom. The van der Waals surface area contributed by atoms with E-state index in [1.54, 1.807) is 0 Å². The lowest BCUT2D eigenvalue weighted by Crippen LogP contribution is -2.39. The van der Waals surface area contributed by atoms with Crippen LogP contribution < -0.4 is 0 Å². The van der Waals surface area contributed by atoms with Crippen molar-refractivity contribution >= 4 is 11.8 Å². The number of hydrogen-bond donors (Lipinski definition) is 0. The zero-order valence-electron chi connectivity index (χ0n) is 9.69. The van der Waals surface area contributed by atoms with Gasteiger partial charge in [-0.15, -0.1) is 0 Å². The molecule has 16 heavy (non-hydrogen) atoms. The Morgan fingerprint density at radius 3 is 2.00 bits per heavy atom. The third-order valence-electron chi connectivity index (χ3n) is 4.13. The first-order valence-corrected chi connectivity index (χ1v) is 5.69. The zero-order valence-corrected chi connectivity index (χ0v) is 9.69. The monoisotopic (exact) mass is 221 g/mol. The molecule has 2 fully saturated rings. The Balaban J connectivity index is 2.12. The summed E-state index contributed by atoms with van der Waals surface area (Å²) in [5.41, 5.74) is -1.17. The van der Waals surface area contributed by atoms with E-state index in [1.165, 1.54) is 4.90 Å². The lowest BCUT2D eigenvalue weighted by atomic mass is 9.73. The molecule has 0 saturated carbocycles. The summed E-state index contributed by atoms with van der Waals surface area (Å²) in [6.45, 7) is 6.07. The predicted molar refractivity (Wildman–Crippen MR) is 56.4 cm³/mol. The van der Waals surface area contributed by atoms with E-state index in [2.05, 4.69) is 0 Å². The number of nitrogens with zero attached hydrogens (tertiary/aromatic N) is 1. The van der Waals surface area contributed by atoms with Crippen LogP contribution >= 0.6 is 0 Å². The lowest BCUT2D eigenvalue weighted by molar-refractivity contribution is -0.145. The number of ether oxygens (including phenoxy) is 1. The van der Waals surface area contributed by atoms with Gasteiger partial charge in [-0.1, -0.05) is 12.2 Å². The first kappa shape index (κ1) is 10.0. The van der Waals surface area contributed by atoms with Crippen LogP contribution in [0, 0.1) is 11.8 Å². The van der Waals surface area contributed by atoms with Gasteiger partial charge in [0.2, 0.25) is 11.8 Å². The molecule has 4 heteroatoms. The maximum atomic E-state index is 12.2. The third kappa shape index (κ3) is 0.857. The third-order valence-corrected chi connectivity index (χ3v) is 4.13. The molecule has 86 valence electrons. The average molecular weight is 221 g/mol. The Morgan fingerprint density at radius 2 is 1.62 bits per heavy atom. The van der Waals surface area contributed by atoms with Gasteiger partial charge >= 0.3 is 0 Å². The van der Waals surface area contributed by atoms with Crippen LogP contribution in [0.3, 0.4) is 0 Å². The zero-order chi connectivity index (χ0) is 11.7. The van der Waals surface area contributed by atoms with Gasteiger partial charge in [0.25, 0.3) is 0 Å². The molecule has 0 aromatic heterocycles.